The first-order valence-electron chi connectivity index (χ1n) is 16.7. The Morgan fingerprint density at radius 3 is 2.44 bits per heavy atom. The van der Waals surface area contributed by atoms with Crippen LogP contribution in [0.3, 0.4) is 0 Å². The van der Waals surface area contributed by atoms with Crippen molar-refractivity contribution in [2.24, 2.45) is 11.8 Å². The van der Waals surface area contributed by atoms with E-state index < -0.39 is 0 Å². The fourth-order valence-corrected chi connectivity index (χ4v) is 6.86. The molecule has 4 aromatic carbocycles. The maximum absolute atomic E-state index is 11.0. The fraction of sp³-hybridized carbons (Fsp3) is 0.256. The Morgan fingerprint density at radius 1 is 0.917 bits per heavy atom. The smallest absolute Gasteiger partial charge is 0.161 e. The third-order valence-corrected chi connectivity index (χ3v) is 9.47. The molecule has 0 fully saturated rings. The molecule has 48 heavy (non-hydrogen) atoms. The van der Waals surface area contributed by atoms with E-state index in [0.29, 0.717) is 5.92 Å². The molecule has 2 aliphatic rings. The van der Waals surface area contributed by atoms with Gasteiger partial charge in [-0.05, 0) is 68.4 Å². The summed E-state index contributed by atoms with van der Waals surface area (Å²) in [5.74, 6) is 0.596. The van der Waals surface area contributed by atoms with Gasteiger partial charge in [0, 0.05) is 55.0 Å². The zero-order valence-electron chi connectivity index (χ0n) is 28.3. The number of carbonyl (C=O) groups is 1. The number of benzene rings is 4. The van der Waals surface area contributed by atoms with Gasteiger partial charge in [0.05, 0.1) is 11.3 Å². The molecule has 2 heterocycles. The maximum atomic E-state index is 11.0. The van der Waals surface area contributed by atoms with Gasteiger partial charge in [0.15, 0.2) is 5.78 Å². The van der Waals surface area contributed by atoms with Crippen molar-refractivity contribution in [2.45, 2.75) is 60.3 Å². The number of carbonyl (C=O) groups excluding carboxylic acids is 1. The van der Waals surface area contributed by atoms with Gasteiger partial charge in [-0.1, -0.05) is 113 Å². The van der Waals surface area contributed by atoms with Gasteiger partial charge >= 0.3 is 0 Å². The summed E-state index contributed by atoms with van der Waals surface area (Å²) in [6.07, 6.45) is 12.3. The molecule has 0 bridgehead atoms. The SMILES string of the molecule is CC(C)C(=O)/C=C(\O)C(C)C.CC(C)c1cccc2cnc(-c3[c-]ccc4c3oc3c5cccc6c5c5c(c43)C=CCC5=CC6)cc12.[Ir]. The molecule has 0 unspecified atom stereocenters. The van der Waals surface area contributed by atoms with Gasteiger partial charge in [-0.3, -0.25) is 4.79 Å². The Bertz CT molecular complexity index is 2320. The second kappa shape index (κ2) is 13.3. The van der Waals surface area contributed by atoms with E-state index in [4.69, 9.17) is 9.40 Å². The van der Waals surface area contributed by atoms with Crippen molar-refractivity contribution in [3.63, 3.8) is 0 Å². The van der Waals surface area contributed by atoms with E-state index in [0.717, 1.165) is 46.0 Å². The van der Waals surface area contributed by atoms with Crippen molar-refractivity contribution in [1.29, 1.82) is 0 Å². The van der Waals surface area contributed by atoms with Gasteiger partial charge in [0.2, 0.25) is 0 Å². The van der Waals surface area contributed by atoms with Gasteiger partial charge in [-0.2, -0.15) is 0 Å². The number of fused-ring (bicyclic) bond motifs is 6. The Hall–Kier alpha value is -4.31. The summed E-state index contributed by atoms with van der Waals surface area (Å²) in [7, 11) is 0. The predicted octanol–water partition coefficient (Wildman–Crippen LogP) is 11.5. The number of aliphatic hydroxyl groups excluding tert-OH is 1. The van der Waals surface area contributed by atoms with E-state index in [-0.39, 0.29) is 43.5 Å². The molecule has 5 heteroatoms. The maximum Gasteiger partial charge on any atom is 0.161 e. The first-order chi connectivity index (χ1) is 22.6. The van der Waals surface area contributed by atoms with Crippen molar-refractivity contribution in [3.05, 3.63) is 113 Å². The van der Waals surface area contributed by atoms with Crippen molar-refractivity contribution < 1.29 is 34.4 Å². The molecule has 0 saturated carbocycles. The van der Waals surface area contributed by atoms with E-state index in [1.54, 1.807) is 0 Å². The number of allylic oxidation sites excluding steroid dienone is 5. The molecule has 0 spiro atoms. The molecule has 0 amide bonds. The first kappa shape index (κ1) is 33.6. The van der Waals surface area contributed by atoms with E-state index in [1.807, 2.05) is 40.0 Å². The summed E-state index contributed by atoms with van der Waals surface area (Å²) in [5, 5.41) is 16.5. The molecule has 0 saturated heterocycles. The van der Waals surface area contributed by atoms with Crippen LogP contribution in [-0.4, -0.2) is 15.9 Å². The quantitative estimate of drug-likeness (QED) is 0.107. The number of furan rings is 1. The molecule has 1 N–H and O–H groups in total. The van der Waals surface area contributed by atoms with E-state index >= 15 is 0 Å². The van der Waals surface area contributed by atoms with Crippen molar-refractivity contribution in [1.82, 2.24) is 4.98 Å². The Morgan fingerprint density at radius 2 is 1.69 bits per heavy atom. The fourth-order valence-electron chi connectivity index (χ4n) is 6.86. The molecular weight excluding hydrogens is 771 g/mol. The van der Waals surface area contributed by atoms with E-state index in [9.17, 15) is 9.90 Å². The molecule has 2 aliphatic carbocycles. The van der Waals surface area contributed by atoms with Gasteiger partial charge in [0.25, 0.3) is 0 Å². The predicted molar refractivity (Wildman–Crippen MR) is 196 cm³/mol. The molecular formula is C43H40IrNO3-. The standard InChI is InChI=1S/C34H24NO.C9H16O2.Ir/c1-19(2)23-10-5-9-22-18-35-29(17-28(22)23)24-11-6-14-27-32-25-12-3-7-20-15-16-21-8-4-13-26(31(21)30(20)25)34(32)36-33(24)27;1-6(2)8(10)5-9(11)7(3)4;/h3-6,8-10,12-15,17-19H,7,16H2,1-2H3;5-7,10H,1-4H3;/q-1;;/b;8-5-;. The van der Waals surface area contributed by atoms with Crippen LogP contribution in [0.25, 0.3) is 66.4 Å². The van der Waals surface area contributed by atoms with Crippen LogP contribution < -0.4 is 0 Å². The van der Waals surface area contributed by atoms with Crippen LogP contribution in [0.4, 0.5) is 0 Å². The third kappa shape index (κ3) is 5.74. The summed E-state index contributed by atoms with van der Waals surface area (Å²) in [6, 6.07) is 23.0. The van der Waals surface area contributed by atoms with Crippen LogP contribution in [0.5, 0.6) is 0 Å². The summed E-state index contributed by atoms with van der Waals surface area (Å²) in [6.45, 7) is 11.8. The zero-order valence-corrected chi connectivity index (χ0v) is 30.7. The van der Waals surface area contributed by atoms with E-state index in [2.05, 4.69) is 86.7 Å². The summed E-state index contributed by atoms with van der Waals surface area (Å²) < 4.78 is 6.80. The topological polar surface area (TPSA) is 63.3 Å². The second-order valence-corrected chi connectivity index (χ2v) is 13.6. The molecule has 2 aromatic heterocycles. The minimum absolute atomic E-state index is 0. The number of pyridine rings is 1. The largest absolute Gasteiger partial charge is 0.512 e. The average molecular weight is 811 g/mol. The van der Waals surface area contributed by atoms with Crippen LogP contribution in [-0.2, 0) is 31.3 Å². The first-order valence-corrected chi connectivity index (χ1v) is 16.7. The van der Waals surface area contributed by atoms with Gasteiger partial charge in [-0.15, -0.1) is 18.2 Å². The normalized spacial score (nSPS) is 13.8. The number of hydrogen-bond acceptors (Lipinski definition) is 4. The average Bonchev–Trinajstić information content (AvgIpc) is 3.47. The van der Waals surface area contributed by atoms with Crippen molar-refractivity contribution >= 4 is 60.9 Å². The number of hydrogen-bond donors (Lipinski definition) is 1. The zero-order chi connectivity index (χ0) is 33.0. The summed E-state index contributed by atoms with van der Waals surface area (Å²) in [5.41, 5.74) is 10.5. The van der Waals surface area contributed by atoms with Crippen LogP contribution in [0.2, 0.25) is 0 Å². The molecule has 1 radical (unpaired) electrons. The van der Waals surface area contributed by atoms with Crippen LogP contribution in [0, 0.1) is 17.9 Å². The monoisotopic (exact) mass is 811 g/mol. The van der Waals surface area contributed by atoms with Crippen molar-refractivity contribution in [2.75, 3.05) is 0 Å². The molecule has 0 atom stereocenters. The Balaban J connectivity index is 0.000000292. The number of nitrogens with zero attached hydrogens (tertiary/aromatic N) is 1. The number of aliphatic hydroxyl groups is 1. The van der Waals surface area contributed by atoms with Gasteiger partial charge < -0.3 is 14.5 Å². The van der Waals surface area contributed by atoms with Crippen LogP contribution >= 0.6 is 0 Å². The Kier molecular flexibility index (Phi) is 9.31. The minimum Gasteiger partial charge on any atom is -0.512 e. The van der Waals surface area contributed by atoms with Crippen LogP contribution in [0.15, 0.2) is 89.2 Å². The van der Waals surface area contributed by atoms with Gasteiger partial charge in [-0.25, -0.2) is 0 Å². The molecule has 0 aliphatic heterocycles. The number of aromatic nitrogens is 1. The third-order valence-electron chi connectivity index (χ3n) is 9.47. The molecule has 245 valence electrons. The molecule has 4 nitrogen and oxygen atoms in total. The molecule has 6 aromatic rings. The molecule has 8 rings (SSSR count). The minimum atomic E-state index is -0.0316. The van der Waals surface area contributed by atoms with Crippen LogP contribution in [0.1, 0.15) is 76.1 Å². The number of rotatable bonds is 5. The second-order valence-electron chi connectivity index (χ2n) is 13.6. The van der Waals surface area contributed by atoms with Gasteiger partial charge in [0.1, 0.15) is 5.58 Å². The van der Waals surface area contributed by atoms with Crippen molar-refractivity contribution in [3.8, 4) is 11.3 Å². The summed E-state index contributed by atoms with van der Waals surface area (Å²) in [4.78, 5) is 15.9. The van der Waals surface area contributed by atoms with E-state index in [1.165, 1.54) is 55.4 Å². The number of ketones is 1. The Labute approximate surface area is 295 Å². The summed E-state index contributed by atoms with van der Waals surface area (Å²) >= 11 is 0.